The molecule has 7 rings (SSSR count). The normalized spacial score (nSPS) is 12.8. The van der Waals surface area contributed by atoms with E-state index in [0.717, 1.165) is 67.3 Å². The zero-order chi connectivity index (χ0) is 36.1. The number of rotatable bonds is 5. The largest absolute Gasteiger partial charge is 0.364 e. The Labute approximate surface area is 289 Å². The van der Waals surface area contributed by atoms with Crippen LogP contribution in [0.15, 0.2) is 60.9 Å². The van der Waals surface area contributed by atoms with Crippen LogP contribution in [0, 0.1) is 13.8 Å². The lowest BCUT2D eigenvalue weighted by molar-refractivity contribution is 0.0973. The van der Waals surface area contributed by atoms with E-state index in [-0.39, 0.29) is 11.1 Å². The smallest absolute Gasteiger partial charge is 0.333 e. The van der Waals surface area contributed by atoms with Crippen molar-refractivity contribution in [2.45, 2.75) is 66.5 Å². The fraction of sp³-hybridized carbons (Fsp3) is 0.270. The number of hydrogen-bond acceptors (Lipinski definition) is 9. The lowest BCUT2D eigenvalue weighted by Crippen LogP contribution is -2.27. The molecule has 0 fully saturated rings. The molecule has 0 spiro atoms. The molecule has 6 aromatic rings. The average Bonchev–Trinajstić information content (AvgIpc) is 3.74. The number of benzene rings is 2. The number of nitrogens with one attached hydrogen (secondary N) is 4. The molecule has 3 amide bonds. The van der Waals surface area contributed by atoms with Crippen molar-refractivity contribution in [3.63, 3.8) is 0 Å². The minimum atomic E-state index is -0.487. The van der Waals surface area contributed by atoms with Crippen LogP contribution in [0.4, 0.5) is 16.4 Å². The summed E-state index contributed by atoms with van der Waals surface area (Å²) in [5.41, 5.74) is 13.9. The first-order valence-corrected chi connectivity index (χ1v) is 16.2. The molecular formula is C37H40N10O3. The number of hydrogen-bond donors (Lipinski definition) is 5. The number of aromatic amines is 1. The van der Waals surface area contributed by atoms with Crippen LogP contribution in [0.25, 0.3) is 44.3 Å². The van der Waals surface area contributed by atoms with Crippen LogP contribution >= 0.6 is 0 Å². The summed E-state index contributed by atoms with van der Waals surface area (Å²) in [6, 6.07) is 14.5. The van der Waals surface area contributed by atoms with Crippen LogP contribution in [0.1, 0.15) is 73.9 Å². The van der Waals surface area contributed by atoms with Gasteiger partial charge in [0, 0.05) is 45.7 Å². The fourth-order valence-electron chi connectivity index (χ4n) is 5.61. The Bertz CT molecular complexity index is 2290. The number of primary amides is 1. The second-order valence-electron chi connectivity index (χ2n) is 14.3. The van der Waals surface area contributed by atoms with Crippen LogP contribution in [0.2, 0.25) is 0 Å². The Morgan fingerprint density at radius 3 is 1.74 bits per heavy atom. The Hall–Kier alpha value is -6.11. The minimum Gasteiger partial charge on any atom is -0.364 e. The van der Waals surface area contributed by atoms with E-state index in [1.807, 2.05) is 50.2 Å². The summed E-state index contributed by atoms with van der Waals surface area (Å²) in [6.07, 6.45) is 3.41. The highest BCUT2D eigenvalue weighted by atomic mass is 16.2. The maximum absolute atomic E-state index is 11.8. The number of fused-ring (bicyclic) bond motifs is 3. The van der Waals surface area contributed by atoms with Crippen molar-refractivity contribution in [3.05, 3.63) is 83.7 Å². The quantitative estimate of drug-likeness (QED) is 0.135. The summed E-state index contributed by atoms with van der Waals surface area (Å²) in [4.78, 5) is 56.8. The third kappa shape index (κ3) is 6.88. The first-order chi connectivity index (χ1) is 23.5. The lowest BCUT2D eigenvalue weighted by atomic mass is 10.1. The van der Waals surface area contributed by atoms with Crippen LogP contribution < -0.4 is 21.7 Å². The third-order valence-corrected chi connectivity index (χ3v) is 7.79. The van der Waals surface area contributed by atoms with Gasteiger partial charge in [-0.25, -0.2) is 24.7 Å². The molecule has 0 bridgehead atoms. The molecule has 0 radical (unpaired) electrons. The molecule has 0 aliphatic carbocycles. The van der Waals surface area contributed by atoms with Crippen LogP contribution in [0.3, 0.4) is 0 Å². The predicted molar refractivity (Wildman–Crippen MR) is 195 cm³/mol. The Kier molecular flexibility index (Phi) is 8.38. The molecule has 50 heavy (non-hydrogen) atoms. The topological polar surface area (TPSA) is 186 Å². The summed E-state index contributed by atoms with van der Waals surface area (Å²) in [5.74, 6) is 0.600. The van der Waals surface area contributed by atoms with Gasteiger partial charge in [-0.1, -0.05) is 24.3 Å². The van der Waals surface area contributed by atoms with Gasteiger partial charge in [-0.05, 0) is 79.7 Å². The van der Waals surface area contributed by atoms with Crippen LogP contribution in [0.5, 0.6) is 0 Å². The first-order valence-electron chi connectivity index (χ1n) is 16.2. The molecule has 13 heteroatoms. The van der Waals surface area contributed by atoms with Gasteiger partial charge >= 0.3 is 6.03 Å². The summed E-state index contributed by atoms with van der Waals surface area (Å²) in [7, 11) is 0. The SMILES string of the molecule is Cc1nc2cccc(-c3c[nH]c(C(N)=O)c3)c2nc1NC(C)(C)C.Cc1nc2cccc(-c3cc4n(c3)C(=O)NC4=O)c2nc1NC(C)(C)C. The standard InChI is InChI=1S/C19H19N5O2.C18H21N5O/c1-10-16(23-19(2,3)4)21-15-12(6-5-7-13(15)20-10)11-8-14-17(25)22-18(26)24(14)9-11;1-10-17(23-18(2,3)4)22-15-12(6-5-7-13(15)21-10)11-8-14(16(19)24)20-9-11/h5-9H,1-4H3,(H,21,23)(H,22,25,26);5-9,20H,1-4H3,(H2,19,24)(H,22,23). The zero-order valence-corrected chi connectivity index (χ0v) is 29.3. The van der Waals surface area contributed by atoms with Gasteiger partial charge in [0.25, 0.3) is 11.8 Å². The number of carbonyl (C=O) groups is 3. The molecule has 0 atom stereocenters. The highest BCUT2D eigenvalue weighted by Gasteiger charge is 2.28. The van der Waals surface area contributed by atoms with Crippen molar-refractivity contribution in [2.75, 3.05) is 10.6 Å². The van der Waals surface area contributed by atoms with E-state index in [0.29, 0.717) is 11.4 Å². The molecule has 0 saturated heterocycles. The summed E-state index contributed by atoms with van der Waals surface area (Å²) in [6.45, 7) is 16.3. The van der Waals surface area contributed by atoms with Gasteiger partial charge in [-0.15, -0.1) is 0 Å². The molecule has 1 aliphatic rings. The van der Waals surface area contributed by atoms with Gasteiger partial charge in [0.05, 0.1) is 33.5 Å². The number of aromatic nitrogens is 6. The Morgan fingerprint density at radius 2 is 1.28 bits per heavy atom. The van der Waals surface area contributed by atoms with E-state index in [9.17, 15) is 14.4 Å². The highest BCUT2D eigenvalue weighted by Crippen LogP contribution is 2.32. The van der Waals surface area contributed by atoms with Gasteiger partial charge in [-0.3, -0.25) is 19.5 Å². The molecule has 13 nitrogen and oxygen atoms in total. The Balaban J connectivity index is 0.000000174. The van der Waals surface area contributed by atoms with Gasteiger partial charge in [0.15, 0.2) is 0 Å². The predicted octanol–water partition coefficient (Wildman–Crippen LogP) is 6.57. The van der Waals surface area contributed by atoms with E-state index in [1.165, 1.54) is 4.57 Å². The molecule has 5 heterocycles. The molecular weight excluding hydrogens is 632 g/mol. The average molecular weight is 673 g/mol. The van der Waals surface area contributed by atoms with E-state index in [4.69, 9.17) is 15.7 Å². The third-order valence-electron chi connectivity index (χ3n) is 7.79. The maximum atomic E-state index is 11.8. The molecule has 2 aromatic carbocycles. The van der Waals surface area contributed by atoms with Gasteiger partial charge in [0.1, 0.15) is 23.0 Å². The lowest BCUT2D eigenvalue weighted by Gasteiger charge is -2.22. The number of para-hydroxylation sites is 2. The van der Waals surface area contributed by atoms with E-state index >= 15 is 0 Å². The number of imide groups is 1. The molecule has 256 valence electrons. The molecule has 4 aromatic heterocycles. The highest BCUT2D eigenvalue weighted by molar-refractivity contribution is 6.12. The first kappa shape index (κ1) is 33.8. The van der Waals surface area contributed by atoms with Crippen molar-refractivity contribution in [1.82, 2.24) is 34.8 Å². The molecule has 0 unspecified atom stereocenters. The van der Waals surface area contributed by atoms with Crippen molar-refractivity contribution in [2.24, 2.45) is 5.73 Å². The number of anilines is 2. The summed E-state index contributed by atoms with van der Waals surface area (Å²) in [5, 5.41) is 9.03. The monoisotopic (exact) mass is 672 g/mol. The van der Waals surface area contributed by atoms with Crippen molar-refractivity contribution in [1.29, 1.82) is 0 Å². The van der Waals surface area contributed by atoms with Crippen molar-refractivity contribution >= 4 is 51.5 Å². The number of nitrogens with zero attached hydrogens (tertiary/aromatic N) is 5. The van der Waals surface area contributed by atoms with E-state index in [1.54, 1.807) is 24.5 Å². The number of amides is 3. The van der Waals surface area contributed by atoms with Crippen molar-refractivity contribution in [3.8, 4) is 22.3 Å². The van der Waals surface area contributed by atoms with Gasteiger partial charge in [0.2, 0.25) is 0 Å². The van der Waals surface area contributed by atoms with Gasteiger partial charge < -0.3 is 21.4 Å². The van der Waals surface area contributed by atoms with Crippen molar-refractivity contribution < 1.29 is 14.4 Å². The van der Waals surface area contributed by atoms with E-state index < -0.39 is 17.8 Å². The second kappa shape index (κ2) is 12.4. The number of nitrogens with two attached hydrogens (primary N) is 1. The number of carbonyl (C=O) groups excluding carboxylic acids is 3. The van der Waals surface area contributed by atoms with Crippen LogP contribution in [-0.2, 0) is 0 Å². The fourth-order valence-corrected chi connectivity index (χ4v) is 5.61. The minimum absolute atomic E-state index is 0.116. The molecule has 0 saturated carbocycles. The Morgan fingerprint density at radius 1 is 0.760 bits per heavy atom. The number of H-pyrrole nitrogens is 1. The van der Waals surface area contributed by atoms with E-state index in [2.05, 4.69) is 72.4 Å². The van der Waals surface area contributed by atoms with Crippen LogP contribution in [-0.4, -0.2) is 58.4 Å². The molecule has 1 aliphatic heterocycles. The number of aryl methyl sites for hydroxylation is 2. The maximum Gasteiger partial charge on any atom is 0.333 e. The van der Waals surface area contributed by atoms with Gasteiger partial charge in [-0.2, -0.15) is 0 Å². The summed E-state index contributed by atoms with van der Waals surface area (Å²) >= 11 is 0. The molecule has 6 N–H and O–H groups in total. The second-order valence-corrected chi connectivity index (χ2v) is 14.3. The summed E-state index contributed by atoms with van der Waals surface area (Å²) < 4.78 is 1.33. The zero-order valence-electron chi connectivity index (χ0n) is 29.3.